The molecule has 1 N–H and O–H groups in total. The minimum Gasteiger partial charge on any atom is -0.383 e. The maximum Gasteiger partial charge on any atom is 0.0781 e. The Balaban J connectivity index is 2.04. The third kappa shape index (κ3) is 5.25. The molecule has 0 spiro atoms. The van der Waals surface area contributed by atoms with Crippen LogP contribution < -0.4 is 5.32 Å². The maximum atomic E-state index is 5.77. The summed E-state index contributed by atoms with van der Waals surface area (Å²) >= 11 is 0. The van der Waals surface area contributed by atoms with Gasteiger partial charge in [0, 0.05) is 39.9 Å². The molecule has 1 fully saturated rings. The van der Waals surface area contributed by atoms with Crippen LogP contribution in [0, 0.1) is 0 Å². The van der Waals surface area contributed by atoms with E-state index in [1.807, 2.05) is 0 Å². The van der Waals surface area contributed by atoms with E-state index in [9.17, 15) is 0 Å². The number of nitrogens with one attached hydrogen (secondary N) is 1. The van der Waals surface area contributed by atoms with Crippen molar-refractivity contribution in [3.05, 3.63) is 0 Å². The van der Waals surface area contributed by atoms with Gasteiger partial charge in [-0.15, -0.1) is 0 Å². The van der Waals surface area contributed by atoms with Crippen molar-refractivity contribution >= 4 is 0 Å². The van der Waals surface area contributed by atoms with E-state index in [1.165, 1.54) is 12.8 Å². The molecule has 1 heterocycles. The largest absolute Gasteiger partial charge is 0.383 e. The van der Waals surface area contributed by atoms with Gasteiger partial charge in [-0.1, -0.05) is 0 Å². The highest BCUT2D eigenvalue weighted by Gasteiger charge is 2.30. The van der Waals surface area contributed by atoms with Gasteiger partial charge in [0.05, 0.1) is 12.2 Å². The minimum absolute atomic E-state index is 0.0846. The monoisotopic (exact) mass is 230 g/mol. The zero-order chi connectivity index (χ0) is 11.9. The third-order valence-electron chi connectivity index (χ3n) is 3.06. The van der Waals surface area contributed by atoms with Gasteiger partial charge in [-0.05, 0) is 26.8 Å². The van der Waals surface area contributed by atoms with Gasteiger partial charge in [0.2, 0.25) is 0 Å². The first-order valence-electron chi connectivity index (χ1n) is 6.18. The Bertz CT molecular complexity index is 182. The molecule has 0 aromatic rings. The zero-order valence-corrected chi connectivity index (χ0v) is 10.9. The van der Waals surface area contributed by atoms with Gasteiger partial charge >= 0.3 is 0 Å². The molecule has 0 aromatic carbocycles. The lowest BCUT2D eigenvalue weighted by atomic mass is 10.0. The molecule has 4 nitrogen and oxygen atoms in total. The van der Waals surface area contributed by atoms with Crippen LogP contribution in [0.1, 0.15) is 19.8 Å². The number of hydrogen-bond donors (Lipinski definition) is 1. The first-order chi connectivity index (χ1) is 7.66. The Hall–Kier alpha value is -0.160. The van der Waals surface area contributed by atoms with Crippen molar-refractivity contribution in [2.24, 2.45) is 0 Å². The molecule has 4 heteroatoms. The third-order valence-corrected chi connectivity index (χ3v) is 3.06. The van der Waals surface area contributed by atoms with Crippen LogP contribution in [0.25, 0.3) is 0 Å². The summed E-state index contributed by atoms with van der Waals surface area (Å²) in [6.07, 6.45) is 2.39. The summed E-state index contributed by atoms with van der Waals surface area (Å²) in [5.41, 5.74) is 0.0846. The van der Waals surface area contributed by atoms with Gasteiger partial charge in [0.25, 0.3) is 0 Å². The molecule has 0 bridgehead atoms. The Morgan fingerprint density at radius 2 is 2.25 bits per heavy atom. The second kappa shape index (κ2) is 7.22. The molecule has 1 aliphatic heterocycles. The van der Waals surface area contributed by atoms with E-state index >= 15 is 0 Å². The summed E-state index contributed by atoms with van der Waals surface area (Å²) in [7, 11) is 3.89. The molecule has 1 rings (SSSR count). The van der Waals surface area contributed by atoms with Gasteiger partial charge in [0.15, 0.2) is 0 Å². The van der Waals surface area contributed by atoms with Crippen molar-refractivity contribution in [2.45, 2.75) is 25.4 Å². The molecule has 1 unspecified atom stereocenters. The van der Waals surface area contributed by atoms with Crippen molar-refractivity contribution in [1.82, 2.24) is 10.2 Å². The Labute approximate surface area is 99.3 Å². The smallest absolute Gasteiger partial charge is 0.0781 e. The quantitative estimate of drug-likeness (QED) is 0.623. The van der Waals surface area contributed by atoms with Crippen molar-refractivity contribution in [3.8, 4) is 0 Å². The molecule has 0 aliphatic carbocycles. The zero-order valence-electron chi connectivity index (χ0n) is 10.9. The average Bonchev–Trinajstić information content (AvgIpc) is 2.64. The number of likely N-dealkylation sites (N-methyl/N-ethyl adjacent to an activating group) is 1. The average molecular weight is 230 g/mol. The van der Waals surface area contributed by atoms with Crippen molar-refractivity contribution in [2.75, 3.05) is 53.6 Å². The molecular weight excluding hydrogens is 204 g/mol. The SMILES string of the molecule is COCCNCCN(C)CC1(C)CCCO1. The first kappa shape index (κ1) is 13.9. The number of methoxy groups -OCH3 is 1. The predicted octanol–water partition coefficient (Wildman–Crippen LogP) is 0.723. The van der Waals surface area contributed by atoms with E-state index in [0.717, 1.165) is 39.4 Å². The van der Waals surface area contributed by atoms with Crippen molar-refractivity contribution < 1.29 is 9.47 Å². The lowest BCUT2D eigenvalue weighted by molar-refractivity contribution is -0.00324. The maximum absolute atomic E-state index is 5.77. The minimum atomic E-state index is 0.0846. The van der Waals surface area contributed by atoms with Gasteiger partial charge < -0.3 is 19.7 Å². The number of ether oxygens (including phenoxy) is 2. The van der Waals surface area contributed by atoms with Gasteiger partial charge in [-0.2, -0.15) is 0 Å². The molecule has 0 radical (unpaired) electrons. The number of rotatable bonds is 8. The summed E-state index contributed by atoms with van der Waals surface area (Å²) in [4.78, 5) is 2.34. The Kier molecular flexibility index (Phi) is 6.28. The van der Waals surface area contributed by atoms with Crippen LogP contribution in [0.5, 0.6) is 0 Å². The van der Waals surface area contributed by atoms with Crippen LogP contribution in [-0.4, -0.2) is 64.1 Å². The van der Waals surface area contributed by atoms with Crippen molar-refractivity contribution in [1.29, 1.82) is 0 Å². The molecule has 1 atom stereocenters. The molecule has 96 valence electrons. The van der Waals surface area contributed by atoms with Crippen LogP contribution >= 0.6 is 0 Å². The number of nitrogens with zero attached hydrogens (tertiary/aromatic N) is 1. The highest BCUT2D eigenvalue weighted by Crippen LogP contribution is 2.25. The summed E-state index contributed by atoms with van der Waals surface area (Å²) in [6.45, 7) is 7.95. The van der Waals surface area contributed by atoms with E-state index in [-0.39, 0.29) is 5.60 Å². The molecule has 0 amide bonds. The Morgan fingerprint density at radius 3 is 2.88 bits per heavy atom. The van der Waals surface area contributed by atoms with Crippen LogP contribution in [0.4, 0.5) is 0 Å². The summed E-state index contributed by atoms with van der Waals surface area (Å²) in [5.74, 6) is 0. The van der Waals surface area contributed by atoms with Crippen LogP contribution in [0.3, 0.4) is 0 Å². The fourth-order valence-electron chi connectivity index (χ4n) is 2.18. The summed E-state index contributed by atoms with van der Waals surface area (Å²) in [5, 5.41) is 3.35. The van der Waals surface area contributed by atoms with Crippen LogP contribution in [0.15, 0.2) is 0 Å². The fraction of sp³-hybridized carbons (Fsp3) is 1.00. The lowest BCUT2D eigenvalue weighted by Crippen LogP contribution is -2.41. The number of hydrogen-bond acceptors (Lipinski definition) is 4. The highest BCUT2D eigenvalue weighted by atomic mass is 16.5. The van der Waals surface area contributed by atoms with Crippen molar-refractivity contribution in [3.63, 3.8) is 0 Å². The van der Waals surface area contributed by atoms with Crippen LogP contribution in [-0.2, 0) is 9.47 Å². The van der Waals surface area contributed by atoms with Crippen LogP contribution in [0.2, 0.25) is 0 Å². The first-order valence-corrected chi connectivity index (χ1v) is 6.18. The highest BCUT2D eigenvalue weighted by molar-refractivity contribution is 4.83. The van der Waals surface area contributed by atoms with E-state index < -0.39 is 0 Å². The normalized spacial score (nSPS) is 25.5. The summed E-state index contributed by atoms with van der Waals surface area (Å²) in [6, 6.07) is 0. The second-order valence-electron chi connectivity index (χ2n) is 4.88. The molecular formula is C12H26N2O2. The topological polar surface area (TPSA) is 33.7 Å². The predicted molar refractivity (Wildman–Crippen MR) is 65.8 cm³/mol. The molecule has 1 saturated heterocycles. The second-order valence-corrected chi connectivity index (χ2v) is 4.88. The van der Waals surface area contributed by atoms with E-state index in [0.29, 0.717) is 0 Å². The van der Waals surface area contributed by atoms with E-state index in [4.69, 9.17) is 9.47 Å². The molecule has 0 aromatic heterocycles. The van der Waals surface area contributed by atoms with Gasteiger partial charge in [0.1, 0.15) is 0 Å². The van der Waals surface area contributed by atoms with Gasteiger partial charge in [-0.25, -0.2) is 0 Å². The van der Waals surface area contributed by atoms with E-state index in [1.54, 1.807) is 7.11 Å². The van der Waals surface area contributed by atoms with E-state index in [2.05, 4.69) is 24.2 Å². The van der Waals surface area contributed by atoms with Gasteiger partial charge in [-0.3, -0.25) is 0 Å². The summed E-state index contributed by atoms with van der Waals surface area (Å²) < 4.78 is 10.8. The Morgan fingerprint density at radius 1 is 1.44 bits per heavy atom. The molecule has 0 saturated carbocycles. The standard InChI is InChI=1S/C12H26N2O2/c1-12(5-4-9-16-12)11-14(2)8-6-13-7-10-15-3/h13H,4-11H2,1-3H3. The lowest BCUT2D eigenvalue weighted by Gasteiger charge is -2.29. The fourth-order valence-corrected chi connectivity index (χ4v) is 2.18. The molecule has 1 aliphatic rings. The molecule has 16 heavy (non-hydrogen) atoms.